The van der Waals surface area contributed by atoms with E-state index in [0.29, 0.717) is 5.02 Å². The van der Waals surface area contributed by atoms with E-state index in [1.165, 1.54) is 0 Å². The molecule has 1 rings (SSSR count). The molecule has 0 atom stereocenters. The van der Waals surface area contributed by atoms with Gasteiger partial charge in [0.15, 0.2) is 0 Å². The Balaban J connectivity index is 3.16. The minimum absolute atomic E-state index is 0.700. The van der Waals surface area contributed by atoms with Gasteiger partial charge >= 0.3 is 0 Å². The third-order valence-electron chi connectivity index (χ3n) is 1.15. The van der Waals surface area contributed by atoms with Crippen LogP contribution in [0.15, 0.2) is 22.7 Å². The molecule has 0 saturated carbocycles. The summed E-state index contributed by atoms with van der Waals surface area (Å²) in [4.78, 5) is 0. The molecule has 55 valence electrons. The lowest BCUT2D eigenvalue weighted by molar-refractivity contribution is 1.59. The molecule has 1 aromatic rings. The minimum Gasteiger partial charge on any atom is -0.0969 e. The van der Waals surface area contributed by atoms with Crippen LogP contribution >= 0.6 is 27.5 Å². The molecule has 1 aromatic carbocycles. The van der Waals surface area contributed by atoms with Crippen molar-refractivity contribution in [1.29, 1.82) is 0 Å². The maximum Gasteiger partial charge on any atom is 0.0418 e. The van der Waals surface area contributed by atoms with Crippen LogP contribution in [0.5, 0.6) is 0 Å². The molecule has 0 fully saturated rings. The Morgan fingerprint density at radius 3 is 2.73 bits per heavy atom. The molecule has 0 aliphatic heterocycles. The molecule has 0 heterocycles. The number of rotatable bonds is 0. The summed E-state index contributed by atoms with van der Waals surface area (Å²) < 4.78 is 0.904. The molecule has 0 aliphatic rings. The van der Waals surface area contributed by atoms with Gasteiger partial charge in [-0.05, 0) is 34.1 Å². The van der Waals surface area contributed by atoms with Crippen LogP contribution in [0.1, 0.15) is 5.56 Å². The summed E-state index contributed by atoms with van der Waals surface area (Å²) in [6, 6.07) is 5.46. The van der Waals surface area contributed by atoms with Crippen molar-refractivity contribution in [3.05, 3.63) is 40.2 Å². The molecule has 2 heteroatoms. The average Bonchev–Trinajstić information content (AvgIpc) is 1.95. The second-order valence-electron chi connectivity index (χ2n) is 1.93. The first-order valence-electron chi connectivity index (χ1n) is 2.97. The lowest BCUT2D eigenvalue weighted by atomic mass is 10.2. The fraction of sp³-hybridized carbons (Fsp3) is 0. The second kappa shape index (κ2) is 3.80. The Labute approximate surface area is 79.7 Å². The van der Waals surface area contributed by atoms with Gasteiger partial charge in [0.2, 0.25) is 0 Å². The van der Waals surface area contributed by atoms with Crippen LogP contribution in [0, 0.1) is 18.8 Å². The summed E-state index contributed by atoms with van der Waals surface area (Å²) in [6.45, 7) is 3.43. The van der Waals surface area contributed by atoms with Crippen molar-refractivity contribution < 1.29 is 0 Å². The van der Waals surface area contributed by atoms with Crippen molar-refractivity contribution in [3.8, 4) is 11.8 Å². The van der Waals surface area contributed by atoms with E-state index in [2.05, 4.69) is 34.7 Å². The fourth-order valence-corrected chi connectivity index (χ4v) is 1.47. The molecule has 0 N–H and O–H groups in total. The minimum atomic E-state index is 0.700. The normalized spacial score (nSPS) is 8.64. The maximum atomic E-state index is 5.72. The Bertz CT molecular complexity index is 320. The Kier molecular flexibility index (Phi) is 2.99. The third-order valence-corrected chi connectivity index (χ3v) is 2.05. The van der Waals surface area contributed by atoms with Crippen molar-refractivity contribution in [3.63, 3.8) is 0 Å². The highest BCUT2D eigenvalue weighted by Crippen LogP contribution is 2.20. The molecule has 1 radical (unpaired) electrons. The van der Waals surface area contributed by atoms with Crippen molar-refractivity contribution >= 4 is 27.5 Å². The highest BCUT2D eigenvalue weighted by atomic mass is 79.9. The summed E-state index contributed by atoms with van der Waals surface area (Å²) in [6.07, 6.45) is 0. The summed E-state index contributed by atoms with van der Waals surface area (Å²) in [5.41, 5.74) is 0.907. The van der Waals surface area contributed by atoms with Gasteiger partial charge in [-0.1, -0.05) is 23.4 Å². The second-order valence-corrected chi connectivity index (χ2v) is 3.22. The predicted molar refractivity (Wildman–Crippen MR) is 51.4 cm³/mol. The van der Waals surface area contributed by atoms with Gasteiger partial charge in [-0.25, -0.2) is 0 Å². The Hall–Kier alpha value is -0.450. The maximum absolute atomic E-state index is 5.72. The van der Waals surface area contributed by atoms with Crippen molar-refractivity contribution in [1.82, 2.24) is 0 Å². The monoisotopic (exact) mass is 227 g/mol. The van der Waals surface area contributed by atoms with Crippen LogP contribution in [0.3, 0.4) is 0 Å². The molecule has 0 aliphatic carbocycles. The number of benzene rings is 1. The summed E-state index contributed by atoms with van der Waals surface area (Å²) in [5.74, 6) is 5.41. The van der Waals surface area contributed by atoms with Gasteiger partial charge in [-0.15, -0.1) is 0 Å². The van der Waals surface area contributed by atoms with Gasteiger partial charge in [-0.3, -0.25) is 0 Å². The molecular weight excluding hydrogens is 223 g/mol. The van der Waals surface area contributed by atoms with Gasteiger partial charge in [0, 0.05) is 22.0 Å². The standard InChI is InChI=1S/C9H5BrCl/c1-2-3-7-4-5-8(11)6-9(7)10/h4-6H,1H2. The zero-order valence-electron chi connectivity index (χ0n) is 5.70. The number of hydrogen-bond acceptors (Lipinski definition) is 0. The van der Waals surface area contributed by atoms with E-state index in [-0.39, 0.29) is 0 Å². The molecule has 11 heavy (non-hydrogen) atoms. The van der Waals surface area contributed by atoms with Crippen LogP contribution in [0.4, 0.5) is 0 Å². The lowest BCUT2D eigenvalue weighted by Crippen LogP contribution is -1.75. The van der Waals surface area contributed by atoms with Gasteiger partial charge in [-0.2, -0.15) is 0 Å². The molecule has 0 bridgehead atoms. The largest absolute Gasteiger partial charge is 0.0969 e. The molecular formula is C9H5BrCl. The van der Waals surface area contributed by atoms with Crippen LogP contribution < -0.4 is 0 Å². The zero-order valence-corrected chi connectivity index (χ0v) is 8.04. The van der Waals surface area contributed by atoms with E-state index in [1.807, 2.05) is 6.07 Å². The first-order chi connectivity index (χ1) is 5.24. The van der Waals surface area contributed by atoms with Gasteiger partial charge in [0.1, 0.15) is 0 Å². The smallest absolute Gasteiger partial charge is 0.0418 e. The van der Waals surface area contributed by atoms with Gasteiger partial charge in [0.05, 0.1) is 0 Å². The van der Waals surface area contributed by atoms with Crippen molar-refractivity contribution in [2.75, 3.05) is 0 Å². The average molecular weight is 228 g/mol. The first-order valence-corrected chi connectivity index (χ1v) is 4.14. The van der Waals surface area contributed by atoms with Crippen LogP contribution in [-0.2, 0) is 0 Å². The highest BCUT2D eigenvalue weighted by molar-refractivity contribution is 9.10. The van der Waals surface area contributed by atoms with Crippen LogP contribution in [0.2, 0.25) is 5.02 Å². The van der Waals surface area contributed by atoms with Crippen molar-refractivity contribution in [2.24, 2.45) is 0 Å². The van der Waals surface area contributed by atoms with Gasteiger partial charge < -0.3 is 0 Å². The Morgan fingerprint density at radius 1 is 1.45 bits per heavy atom. The summed E-state index contributed by atoms with van der Waals surface area (Å²) >= 11 is 9.06. The molecule has 0 nitrogen and oxygen atoms in total. The quantitative estimate of drug-likeness (QED) is 0.598. The Morgan fingerprint density at radius 2 is 2.18 bits per heavy atom. The van der Waals surface area contributed by atoms with E-state index in [9.17, 15) is 0 Å². The molecule has 0 saturated heterocycles. The highest BCUT2D eigenvalue weighted by Gasteiger charge is 1.95. The van der Waals surface area contributed by atoms with E-state index in [4.69, 9.17) is 11.6 Å². The number of hydrogen-bond donors (Lipinski definition) is 0. The molecule has 0 spiro atoms. The van der Waals surface area contributed by atoms with E-state index >= 15 is 0 Å². The third kappa shape index (κ3) is 2.25. The fourth-order valence-electron chi connectivity index (χ4n) is 0.686. The zero-order chi connectivity index (χ0) is 8.27. The SMILES string of the molecule is [CH2]C#Cc1ccc(Cl)cc1Br. The van der Waals surface area contributed by atoms with Crippen LogP contribution in [-0.4, -0.2) is 0 Å². The molecule has 0 unspecified atom stereocenters. The summed E-state index contributed by atoms with van der Waals surface area (Å²) in [5, 5.41) is 0.700. The van der Waals surface area contributed by atoms with Gasteiger partial charge in [0.25, 0.3) is 0 Å². The molecule has 0 amide bonds. The lowest BCUT2D eigenvalue weighted by Gasteiger charge is -1.95. The topological polar surface area (TPSA) is 0 Å². The molecule has 0 aromatic heterocycles. The first kappa shape index (κ1) is 8.64. The van der Waals surface area contributed by atoms with E-state index in [1.54, 1.807) is 12.1 Å². The van der Waals surface area contributed by atoms with Crippen LogP contribution in [0.25, 0.3) is 0 Å². The van der Waals surface area contributed by atoms with E-state index in [0.717, 1.165) is 10.0 Å². The number of halogens is 2. The summed E-state index contributed by atoms with van der Waals surface area (Å²) in [7, 11) is 0. The van der Waals surface area contributed by atoms with Crippen molar-refractivity contribution in [2.45, 2.75) is 0 Å². The predicted octanol–water partition coefficient (Wildman–Crippen LogP) is 3.29. The van der Waals surface area contributed by atoms with E-state index < -0.39 is 0 Å².